The van der Waals surface area contributed by atoms with Gasteiger partial charge in [0.15, 0.2) is 0 Å². The summed E-state index contributed by atoms with van der Waals surface area (Å²) in [4.78, 5) is 18.3. The van der Waals surface area contributed by atoms with Crippen molar-refractivity contribution in [3.8, 4) is 5.75 Å². The van der Waals surface area contributed by atoms with E-state index in [1.165, 1.54) is 0 Å². The quantitative estimate of drug-likeness (QED) is 0.915. The molecule has 0 aliphatic carbocycles. The molecule has 0 bridgehead atoms. The Hall–Kier alpha value is -2.40. The average molecular weight is 326 g/mol. The lowest BCUT2D eigenvalue weighted by Gasteiger charge is -2.32. The number of hydrogen-bond donors (Lipinski definition) is 1. The second-order valence-electron chi connectivity index (χ2n) is 6.12. The first-order valence-corrected chi connectivity index (χ1v) is 8.16. The molecule has 2 unspecified atom stereocenters. The van der Waals surface area contributed by atoms with Crippen LogP contribution < -0.4 is 4.74 Å². The van der Waals surface area contributed by atoms with E-state index in [0.29, 0.717) is 6.42 Å². The number of carbonyl (C=O) groups is 1. The van der Waals surface area contributed by atoms with Gasteiger partial charge in [0.2, 0.25) is 0 Å². The van der Waals surface area contributed by atoms with Crippen LogP contribution in [0, 0.1) is 6.92 Å². The maximum atomic E-state index is 11.7. The van der Waals surface area contributed by atoms with E-state index in [4.69, 9.17) is 4.74 Å². The highest BCUT2D eigenvalue weighted by Crippen LogP contribution is 2.36. The smallest absolute Gasteiger partial charge is 0.320 e. The number of aliphatic carboxylic acids is 1. The summed E-state index contributed by atoms with van der Waals surface area (Å²) < 4.78 is 5.35. The van der Waals surface area contributed by atoms with Crippen molar-refractivity contribution >= 4 is 5.97 Å². The van der Waals surface area contributed by atoms with E-state index in [0.717, 1.165) is 35.5 Å². The number of ether oxygens (including phenoxy) is 1. The van der Waals surface area contributed by atoms with Gasteiger partial charge in [-0.05, 0) is 49.1 Å². The number of likely N-dealkylation sites (tertiary alicyclic amines) is 1. The van der Waals surface area contributed by atoms with Crippen molar-refractivity contribution in [1.29, 1.82) is 0 Å². The van der Waals surface area contributed by atoms with Crippen LogP contribution in [-0.4, -0.2) is 40.7 Å². The van der Waals surface area contributed by atoms with E-state index in [1.807, 2.05) is 48.2 Å². The van der Waals surface area contributed by atoms with Crippen molar-refractivity contribution in [1.82, 2.24) is 9.88 Å². The second-order valence-corrected chi connectivity index (χ2v) is 6.12. The molecule has 1 fully saturated rings. The fourth-order valence-corrected chi connectivity index (χ4v) is 3.47. The molecule has 0 spiro atoms. The van der Waals surface area contributed by atoms with Crippen LogP contribution in [-0.2, 0) is 4.79 Å². The van der Waals surface area contributed by atoms with Gasteiger partial charge in [0.05, 0.1) is 18.8 Å². The number of aromatic nitrogens is 1. The summed E-state index contributed by atoms with van der Waals surface area (Å²) in [6.45, 7) is 2.76. The zero-order valence-electron chi connectivity index (χ0n) is 14.0. The van der Waals surface area contributed by atoms with Gasteiger partial charge in [0, 0.05) is 12.7 Å². The van der Waals surface area contributed by atoms with Gasteiger partial charge in [-0.3, -0.25) is 14.7 Å². The van der Waals surface area contributed by atoms with Crippen LogP contribution in [0.2, 0.25) is 0 Å². The predicted molar refractivity (Wildman–Crippen MR) is 91.2 cm³/mol. The second kappa shape index (κ2) is 7.01. The minimum atomic E-state index is -0.769. The van der Waals surface area contributed by atoms with Crippen molar-refractivity contribution in [2.24, 2.45) is 0 Å². The molecule has 24 heavy (non-hydrogen) atoms. The van der Waals surface area contributed by atoms with Crippen molar-refractivity contribution in [3.05, 3.63) is 59.4 Å². The molecule has 5 nitrogen and oxygen atoms in total. The Morgan fingerprint density at radius 3 is 2.92 bits per heavy atom. The lowest BCUT2D eigenvalue weighted by molar-refractivity contribution is -0.142. The van der Waals surface area contributed by atoms with E-state index in [2.05, 4.69) is 4.98 Å². The minimum absolute atomic E-state index is 0.190. The molecule has 1 aliphatic heterocycles. The first-order chi connectivity index (χ1) is 11.6. The summed E-state index contributed by atoms with van der Waals surface area (Å²) in [7, 11) is 1.63. The average Bonchev–Trinajstić information content (AvgIpc) is 3.07. The summed E-state index contributed by atoms with van der Waals surface area (Å²) in [5, 5.41) is 9.61. The van der Waals surface area contributed by atoms with Gasteiger partial charge in [-0.15, -0.1) is 0 Å². The molecule has 1 saturated heterocycles. The third-order valence-corrected chi connectivity index (χ3v) is 4.63. The Bertz CT molecular complexity index is 732. The van der Waals surface area contributed by atoms with Crippen LogP contribution in [0.5, 0.6) is 5.75 Å². The van der Waals surface area contributed by atoms with Crippen molar-refractivity contribution in [2.45, 2.75) is 31.8 Å². The van der Waals surface area contributed by atoms with Crippen LogP contribution in [0.1, 0.15) is 35.7 Å². The number of carboxylic acid groups (broad SMARTS) is 1. The van der Waals surface area contributed by atoms with Crippen LogP contribution in [0.3, 0.4) is 0 Å². The summed E-state index contributed by atoms with van der Waals surface area (Å²) in [6, 6.07) is 11.1. The number of aryl methyl sites for hydroxylation is 1. The number of methoxy groups -OCH3 is 1. The molecule has 1 aromatic carbocycles. The van der Waals surface area contributed by atoms with Gasteiger partial charge < -0.3 is 9.84 Å². The molecular weight excluding hydrogens is 304 g/mol. The number of carboxylic acids is 1. The molecule has 2 heterocycles. The Morgan fingerprint density at radius 2 is 2.21 bits per heavy atom. The third-order valence-electron chi connectivity index (χ3n) is 4.63. The number of rotatable bonds is 5. The molecule has 0 amide bonds. The van der Waals surface area contributed by atoms with Crippen molar-refractivity contribution in [2.75, 3.05) is 13.7 Å². The lowest BCUT2D eigenvalue weighted by Crippen LogP contribution is -2.39. The van der Waals surface area contributed by atoms with Gasteiger partial charge in [0.1, 0.15) is 11.8 Å². The molecule has 126 valence electrons. The highest BCUT2D eigenvalue weighted by molar-refractivity contribution is 5.74. The van der Waals surface area contributed by atoms with Crippen molar-refractivity contribution < 1.29 is 14.6 Å². The Morgan fingerprint density at radius 1 is 1.38 bits per heavy atom. The number of benzene rings is 1. The zero-order chi connectivity index (χ0) is 17.1. The van der Waals surface area contributed by atoms with Gasteiger partial charge in [0.25, 0.3) is 0 Å². The molecule has 2 atom stereocenters. The van der Waals surface area contributed by atoms with Crippen LogP contribution in [0.4, 0.5) is 0 Å². The van der Waals surface area contributed by atoms with E-state index in [-0.39, 0.29) is 6.04 Å². The molecular formula is C19H22N2O3. The van der Waals surface area contributed by atoms with E-state index < -0.39 is 12.0 Å². The molecule has 5 heteroatoms. The van der Waals surface area contributed by atoms with Gasteiger partial charge in [-0.1, -0.05) is 18.2 Å². The number of pyridine rings is 1. The first kappa shape index (κ1) is 16.5. The highest BCUT2D eigenvalue weighted by Gasteiger charge is 2.38. The molecule has 0 radical (unpaired) electrons. The Kier molecular flexibility index (Phi) is 4.81. The van der Waals surface area contributed by atoms with E-state index >= 15 is 0 Å². The molecule has 3 rings (SSSR count). The minimum Gasteiger partial charge on any atom is -0.497 e. The zero-order valence-corrected chi connectivity index (χ0v) is 14.0. The molecule has 1 aromatic heterocycles. The standard InChI is InChI=1S/C19H22N2O3/c1-13-6-4-10-20-17(13)18(14-7-3-8-15(12-14)24-2)21-11-5-9-16(21)19(22)23/h3-4,6-8,10,12,16,18H,5,9,11H2,1-2H3,(H,22,23). The summed E-state index contributed by atoms with van der Waals surface area (Å²) >= 11 is 0. The molecule has 0 saturated carbocycles. The SMILES string of the molecule is COc1cccc(C(c2ncccc2C)N2CCCC2C(=O)O)c1. The highest BCUT2D eigenvalue weighted by atomic mass is 16.5. The fourth-order valence-electron chi connectivity index (χ4n) is 3.47. The van der Waals surface area contributed by atoms with Crippen molar-refractivity contribution in [3.63, 3.8) is 0 Å². The summed E-state index contributed by atoms with van der Waals surface area (Å²) in [5.41, 5.74) is 2.96. The van der Waals surface area contributed by atoms with Gasteiger partial charge >= 0.3 is 5.97 Å². The van der Waals surface area contributed by atoms with Crippen LogP contribution >= 0.6 is 0 Å². The predicted octanol–water partition coefficient (Wildman–Crippen LogP) is 3.04. The van der Waals surface area contributed by atoms with Crippen LogP contribution in [0.15, 0.2) is 42.6 Å². The monoisotopic (exact) mass is 326 g/mol. The normalized spacial score (nSPS) is 19.2. The molecule has 1 aliphatic rings. The van der Waals surface area contributed by atoms with E-state index in [1.54, 1.807) is 13.3 Å². The maximum Gasteiger partial charge on any atom is 0.320 e. The number of nitrogens with zero attached hydrogens (tertiary/aromatic N) is 2. The van der Waals surface area contributed by atoms with Gasteiger partial charge in [-0.2, -0.15) is 0 Å². The first-order valence-electron chi connectivity index (χ1n) is 8.16. The number of hydrogen-bond acceptors (Lipinski definition) is 4. The summed E-state index contributed by atoms with van der Waals surface area (Å²) in [6.07, 6.45) is 3.31. The largest absolute Gasteiger partial charge is 0.497 e. The Balaban J connectivity index is 2.10. The van der Waals surface area contributed by atoms with E-state index in [9.17, 15) is 9.90 Å². The maximum absolute atomic E-state index is 11.7. The third kappa shape index (κ3) is 3.12. The summed E-state index contributed by atoms with van der Waals surface area (Å²) in [5.74, 6) is -0.00821. The van der Waals surface area contributed by atoms with Gasteiger partial charge in [-0.25, -0.2) is 0 Å². The lowest BCUT2D eigenvalue weighted by atomic mass is 9.97. The topological polar surface area (TPSA) is 62.7 Å². The Labute approximate surface area is 141 Å². The van der Waals surface area contributed by atoms with Crippen LogP contribution in [0.25, 0.3) is 0 Å². The molecule has 1 N–H and O–H groups in total. The molecule has 2 aromatic rings. The fraction of sp³-hybridized carbons (Fsp3) is 0.368.